The predicted octanol–water partition coefficient (Wildman–Crippen LogP) is 9.89. The molecule has 1 rings (SSSR count). The molecule has 0 aromatic rings. The van der Waals surface area contributed by atoms with Gasteiger partial charge in [0.05, 0.1) is 0 Å². The lowest BCUT2D eigenvalue weighted by Crippen LogP contribution is -1.84. The Bertz CT molecular complexity index is 293. The summed E-state index contributed by atoms with van der Waals surface area (Å²) in [7, 11) is 0. The molecule has 1 radical (unpaired) electrons. The van der Waals surface area contributed by atoms with E-state index in [1.807, 2.05) is 0 Å². The van der Waals surface area contributed by atoms with Gasteiger partial charge in [0.15, 0.2) is 0 Å². The molecule has 0 atom stereocenters. The normalized spacial score (nSPS) is 25.2. The Kier molecular flexibility index (Phi) is 19.8. The molecule has 0 unspecified atom stereocenters. The summed E-state index contributed by atoms with van der Waals surface area (Å²) in [6, 6.07) is 0. The Labute approximate surface area is 172 Å². The minimum atomic E-state index is 1.14. The molecular formula is C27H49. The number of rotatable bonds is 0. The summed E-state index contributed by atoms with van der Waals surface area (Å²) in [5.74, 6) is 0. The van der Waals surface area contributed by atoms with E-state index in [-0.39, 0.29) is 0 Å². The van der Waals surface area contributed by atoms with E-state index in [4.69, 9.17) is 0 Å². The topological polar surface area (TPSA) is 0 Å². The predicted molar refractivity (Wildman–Crippen MR) is 123 cm³/mol. The van der Waals surface area contributed by atoms with Crippen LogP contribution in [0.1, 0.15) is 148 Å². The molecule has 0 N–H and O–H groups in total. The molecule has 0 saturated carbocycles. The average molecular weight is 374 g/mol. The lowest BCUT2D eigenvalue weighted by atomic mass is 10.0. The molecule has 0 aliphatic heterocycles. The first-order valence-corrected chi connectivity index (χ1v) is 12.7. The number of hydrogen-bond acceptors (Lipinski definition) is 0. The molecule has 157 valence electrons. The summed E-state index contributed by atoms with van der Waals surface area (Å²) in [6.07, 6.45) is 43.0. The van der Waals surface area contributed by atoms with Crippen molar-refractivity contribution < 1.29 is 0 Å². The molecule has 1 aliphatic carbocycles. The summed E-state index contributed by atoms with van der Waals surface area (Å²) in [5, 5.41) is 0. The molecule has 0 heterocycles. The molecule has 0 heteroatoms. The van der Waals surface area contributed by atoms with E-state index >= 15 is 0 Å². The maximum Gasteiger partial charge on any atom is -0.0276 e. The van der Waals surface area contributed by atoms with Crippen LogP contribution >= 0.6 is 0 Å². The molecule has 0 fully saturated rings. The van der Waals surface area contributed by atoms with Gasteiger partial charge in [-0.3, -0.25) is 0 Å². The Morgan fingerprint density at radius 3 is 1.11 bits per heavy atom. The summed E-state index contributed by atoms with van der Waals surface area (Å²) in [4.78, 5) is 0. The van der Waals surface area contributed by atoms with E-state index in [0.29, 0.717) is 0 Å². The summed E-state index contributed by atoms with van der Waals surface area (Å²) >= 11 is 0. The van der Waals surface area contributed by atoms with Gasteiger partial charge in [0.25, 0.3) is 0 Å². The molecule has 0 saturated heterocycles. The highest BCUT2D eigenvalue weighted by molar-refractivity contribution is 4.98. The van der Waals surface area contributed by atoms with Crippen LogP contribution in [0.5, 0.6) is 0 Å². The van der Waals surface area contributed by atoms with E-state index < -0.39 is 0 Å². The maximum absolute atomic E-state index is 3.44. The van der Waals surface area contributed by atoms with Crippen LogP contribution in [0, 0.1) is 6.08 Å². The van der Waals surface area contributed by atoms with Crippen molar-refractivity contribution in [2.75, 3.05) is 0 Å². The lowest BCUT2D eigenvalue weighted by Gasteiger charge is -2.04. The van der Waals surface area contributed by atoms with Crippen molar-refractivity contribution in [3.05, 3.63) is 24.3 Å². The van der Waals surface area contributed by atoms with E-state index in [1.54, 1.807) is 0 Å². The van der Waals surface area contributed by atoms with Crippen LogP contribution in [-0.4, -0.2) is 0 Å². The standard InChI is InChI=1S/C27H49/c1-2-4-6-8-10-12-14-16-18-20-22-24-26-27-25-23-21-19-17-15-13-11-9-7-5-3-1/h1-3H,4,6-27H2/b2-1-,5-3?. The quantitative estimate of drug-likeness (QED) is 0.396. The highest BCUT2D eigenvalue weighted by atomic mass is 14.0. The summed E-state index contributed by atoms with van der Waals surface area (Å²) in [5.41, 5.74) is 0. The van der Waals surface area contributed by atoms with Crippen molar-refractivity contribution in [1.29, 1.82) is 0 Å². The molecule has 0 spiro atoms. The van der Waals surface area contributed by atoms with Gasteiger partial charge in [0.1, 0.15) is 0 Å². The van der Waals surface area contributed by atoms with Gasteiger partial charge < -0.3 is 0 Å². The zero-order chi connectivity index (χ0) is 19.1. The van der Waals surface area contributed by atoms with Crippen LogP contribution in [0.25, 0.3) is 0 Å². The smallest absolute Gasteiger partial charge is 0.0276 e. The SMILES string of the molecule is [C]1=C\C=C/CCCCCCCCCCCCCCCCCCCCCCC/1. The van der Waals surface area contributed by atoms with Crippen LogP contribution < -0.4 is 0 Å². The third kappa shape index (κ3) is 20.0. The van der Waals surface area contributed by atoms with Crippen molar-refractivity contribution in [3.8, 4) is 0 Å². The molecular weight excluding hydrogens is 324 g/mol. The number of allylic oxidation sites excluding steroid dienone is 4. The van der Waals surface area contributed by atoms with E-state index in [9.17, 15) is 0 Å². The monoisotopic (exact) mass is 373 g/mol. The molecule has 1 aliphatic rings. The van der Waals surface area contributed by atoms with E-state index in [0.717, 1.165) is 6.42 Å². The molecule has 0 nitrogen and oxygen atoms in total. The summed E-state index contributed by atoms with van der Waals surface area (Å²) < 4.78 is 0. The second-order valence-electron chi connectivity index (χ2n) is 8.76. The van der Waals surface area contributed by atoms with Gasteiger partial charge in [-0.25, -0.2) is 0 Å². The largest absolute Gasteiger partial charge is 0.0845 e. The fourth-order valence-corrected chi connectivity index (χ4v) is 4.16. The van der Waals surface area contributed by atoms with Gasteiger partial charge in [-0.1, -0.05) is 140 Å². The maximum atomic E-state index is 3.44. The lowest BCUT2D eigenvalue weighted by molar-refractivity contribution is 0.520. The molecule has 0 bridgehead atoms. The zero-order valence-electron chi connectivity index (χ0n) is 18.5. The second kappa shape index (κ2) is 21.8. The van der Waals surface area contributed by atoms with Gasteiger partial charge in [-0.05, 0) is 31.8 Å². The minimum Gasteiger partial charge on any atom is -0.0845 e. The van der Waals surface area contributed by atoms with Crippen molar-refractivity contribution in [2.45, 2.75) is 148 Å². The van der Waals surface area contributed by atoms with Crippen LogP contribution in [0.15, 0.2) is 18.2 Å². The highest BCUT2D eigenvalue weighted by Gasteiger charge is 1.96. The van der Waals surface area contributed by atoms with Gasteiger partial charge in [0, 0.05) is 0 Å². The van der Waals surface area contributed by atoms with E-state index in [2.05, 4.69) is 24.3 Å². The van der Waals surface area contributed by atoms with Crippen molar-refractivity contribution in [1.82, 2.24) is 0 Å². The first-order valence-electron chi connectivity index (χ1n) is 12.7. The number of hydrogen-bond donors (Lipinski definition) is 0. The van der Waals surface area contributed by atoms with Crippen molar-refractivity contribution in [3.63, 3.8) is 0 Å². The molecule has 0 amide bonds. The summed E-state index contributed by atoms with van der Waals surface area (Å²) in [6.45, 7) is 0. The first-order chi connectivity index (χ1) is 13.5. The van der Waals surface area contributed by atoms with Gasteiger partial charge in [-0.15, -0.1) is 0 Å². The van der Waals surface area contributed by atoms with Crippen LogP contribution in [0.2, 0.25) is 0 Å². The van der Waals surface area contributed by atoms with Gasteiger partial charge in [-0.2, -0.15) is 0 Å². The average Bonchev–Trinajstić information content (AvgIpc) is 2.68. The third-order valence-corrected chi connectivity index (χ3v) is 6.04. The third-order valence-electron chi connectivity index (χ3n) is 6.04. The first kappa shape index (κ1) is 24.5. The molecule has 0 aromatic heterocycles. The highest BCUT2D eigenvalue weighted by Crippen LogP contribution is 2.15. The Morgan fingerprint density at radius 1 is 0.370 bits per heavy atom. The minimum absolute atomic E-state index is 1.14. The van der Waals surface area contributed by atoms with Gasteiger partial charge in [0.2, 0.25) is 0 Å². The Balaban J connectivity index is 2.08. The van der Waals surface area contributed by atoms with Crippen molar-refractivity contribution in [2.24, 2.45) is 0 Å². The van der Waals surface area contributed by atoms with Gasteiger partial charge >= 0.3 is 0 Å². The zero-order valence-corrected chi connectivity index (χ0v) is 18.5. The molecule has 0 aromatic carbocycles. The second-order valence-corrected chi connectivity index (χ2v) is 8.76. The fourth-order valence-electron chi connectivity index (χ4n) is 4.16. The Hall–Kier alpha value is -0.520. The Morgan fingerprint density at radius 2 is 0.704 bits per heavy atom. The van der Waals surface area contributed by atoms with Crippen LogP contribution in [0.4, 0.5) is 0 Å². The van der Waals surface area contributed by atoms with Crippen molar-refractivity contribution >= 4 is 0 Å². The van der Waals surface area contributed by atoms with Crippen LogP contribution in [0.3, 0.4) is 0 Å². The van der Waals surface area contributed by atoms with E-state index in [1.165, 1.54) is 141 Å². The molecule has 27 heavy (non-hydrogen) atoms. The van der Waals surface area contributed by atoms with Crippen LogP contribution in [-0.2, 0) is 0 Å². The fraction of sp³-hybridized carbons (Fsp3) is 0.852.